The number of aldehydes is 3. The van der Waals surface area contributed by atoms with Gasteiger partial charge < -0.3 is 48.2 Å². The van der Waals surface area contributed by atoms with E-state index >= 15 is 0 Å². The topological polar surface area (TPSA) is 237 Å². The first-order valence-electron chi connectivity index (χ1n) is 38.4. The molecule has 19 heteroatoms. The van der Waals surface area contributed by atoms with Crippen LogP contribution in [0.1, 0.15) is 328 Å². The molecule has 3 N–H and O–H groups in total. The van der Waals surface area contributed by atoms with Gasteiger partial charge in [-0.05, 0) is 154 Å². The zero-order chi connectivity index (χ0) is 69.9. The third kappa shape index (κ3) is 73.9. The van der Waals surface area contributed by atoms with Gasteiger partial charge in [-0.1, -0.05) is 209 Å². The number of hydrogen-bond acceptors (Lipinski definition) is 15. The van der Waals surface area contributed by atoms with E-state index in [0.717, 1.165) is 244 Å². The molecule has 0 spiro atoms. The number of aliphatic hydroxyl groups is 1. The number of allylic oxidation sites excluding steroid dienone is 10. The summed E-state index contributed by atoms with van der Waals surface area (Å²) in [5.41, 5.74) is 0. The normalized spacial score (nSPS) is 14.4. The van der Waals surface area contributed by atoms with Crippen LogP contribution in [0.25, 0.3) is 0 Å². The standard InChI is InChI=1S/C77H140O17P2/c1-2-3-4-5-6-7-8-9-12-19-26-33-40-47-54-61-77(82)90-71-76(89-67-60-53-46-39-32-25-18-15-22-29-36-43-50-57-64-80)73-94-96(85,86)92-69-74(81)68-91-95(83,84)93-72-75(70-87-65-58-51-44-37-30-23-17-14-21-28-35-42-49-56-63-79)88-66-59-52-45-38-31-24-16-11-10-13-20-27-34-41-48-55-62-78/h6-7,9-10,12-15,17-18,62-64,74-76,81H,2-5,8,11,16,19-61,65-73H2,1H3,(H,83,84)(H,85,86)/b7-6-,12-9-,13-10-,17-14-,18-15-/t74-,75+,76+/m0/s1. The van der Waals surface area contributed by atoms with E-state index < -0.39 is 53.8 Å². The first-order chi connectivity index (χ1) is 47.0. The Hall–Kier alpha value is -2.76. The van der Waals surface area contributed by atoms with E-state index in [1.54, 1.807) is 0 Å². The molecular weight excluding hydrogens is 1260 g/mol. The fourth-order valence-electron chi connectivity index (χ4n) is 10.6. The van der Waals surface area contributed by atoms with E-state index in [-0.39, 0.29) is 32.2 Å². The first-order valence-corrected chi connectivity index (χ1v) is 41.4. The quantitative estimate of drug-likeness (QED) is 0.0169. The fraction of sp³-hybridized carbons (Fsp3) is 0.818. The Morgan fingerprint density at radius 1 is 0.333 bits per heavy atom. The monoisotopic (exact) mass is 1400 g/mol. The molecule has 0 amide bonds. The molecule has 0 fully saturated rings. The molecule has 0 radical (unpaired) electrons. The Kier molecular flexibility index (Phi) is 72.8. The molecule has 0 saturated carbocycles. The first kappa shape index (κ1) is 93.2. The van der Waals surface area contributed by atoms with Gasteiger partial charge in [0.2, 0.25) is 0 Å². The minimum absolute atomic E-state index is 0.150. The van der Waals surface area contributed by atoms with Crippen LogP contribution in [-0.2, 0) is 65.4 Å². The van der Waals surface area contributed by atoms with Crippen molar-refractivity contribution >= 4 is 40.5 Å². The van der Waals surface area contributed by atoms with E-state index in [4.69, 9.17) is 37.0 Å². The van der Waals surface area contributed by atoms with Gasteiger partial charge >= 0.3 is 21.6 Å². The van der Waals surface area contributed by atoms with Crippen LogP contribution in [0, 0.1) is 0 Å². The number of unbranched alkanes of at least 4 members (excludes halogenated alkanes) is 40. The number of aliphatic hydroxyl groups excluding tert-OH is 1. The van der Waals surface area contributed by atoms with Gasteiger partial charge in [-0.3, -0.25) is 22.9 Å². The number of ether oxygens (including phenoxy) is 4. The Bertz CT molecular complexity index is 1960. The largest absolute Gasteiger partial charge is 0.472 e. The molecule has 0 aromatic rings. The van der Waals surface area contributed by atoms with Crippen LogP contribution in [0.4, 0.5) is 0 Å². The summed E-state index contributed by atoms with van der Waals surface area (Å²) in [4.78, 5) is 65.5. The number of esters is 1. The van der Waals surface area contributed by atoms with Gasteiger partial charge in [-0.15, -0.1) is 0 Å². The smallest absolute Gasteiger partial charge is 0.463 e. The van der Waals surface area contributed by atoms with Crippen molar-refractivity contribution in [3.8, 4) is 0 Å². The van der Waals surface area contributed by atoms with Crippen molar-refractivity contribution in [1.29, 1.82) is 0 Å². The maximum absolute atomic E-state index is 13.1. The maximum Gasteiger partial charge on any atom is 0.472 e. The molecule has 2 unspecified atom stereocenters. The maximum atomic E-state index is 13.1. The highest BCUT2D eigenvalue weighted by Crippen LogP contribution is 2.45. The summed E-state index contributed by atoms with van der Waals surface area (Å²) in [6, 6.07) is 0. The Morgan fingerprint density at radius 3 is 0.969 bits per heavy atom. The molecule has 0 aliphatic carbocycles. The van der Waals surface area contributed by atoms with Crippen LogP contribution >= 0.6 is 15.6 Å². The highest BCUT2D eigenvalue weighted by atomic mass is 31.2. The molecule has 0 bridgehead atoms. The van der Waals surface area contributed by atoms with Crippen molar-refractivity contribution in [1.82, 2.24) is 0 Å². The SMILES string of the molecule is CCCCC/C=C\C/C=C\CCCCCCCC(=O)OC[C@H](COP(=O)(O)OC[C@@H](O)COP(=O)(O)OC[C@@H](COCCCCCCC/C=C\CCCCCCC=O)OCCCCCCCCC/C=C\CCCCCCC=O)OCCCCCCC/C=C\CCCCCCC=O. The van der Waals surface area contributed by atoms with Gasteiger partial charge in [0, 0.05) is 45.5 Å². The van der Waals surface area contributed by atoms with Gasteiger partial charge in [0.05, 0.1) is 33.0 Å². The lowest BCUT2D eigenvalue weighted by Crippen LogP contribution is -2.28. The lowest BCUT2D eigenvalue weighted by atomic mass is 10.1. The number of phosphoric ester groups is 2. The zero-order valence-electron chi connectivity index (χ0n) is 60.4. The average molecular weight is 1400 g/mol. The Balaban J connectivity index is 5.13. The summed E-state index contributed by atoms with van der Waals surface area (Å²) in [6.45, 7) is 1.17. The third-order valence-electron chi connectivity index (χ3n) is 16.5. The van der Waals surface area contributed by atoms with E-state index in [9.17, 15) is 43.2 Å². The second kappa shape index (κ2) is 74.9. The molecule has 0 aromatic heterocycles. The summed E-state index contributed by atoms with van der Waals surface area (Å²) in [5, 5.41) is 10.6. The molecular formula is C77H140O17P2. The average Bonchev–Trinajstić information content (AvgIpc) is 1.27. The van der Waals surface area contributed by atoms with Gasteiger partial charge in [0.25, 0.3) is 0 Å². The van der Waals surface area contributed by atoms with Crippen molar-refractivity contribution in [2.24, 2.45) is 0 Å². The summed E-state index contributed by atoms with van der Waals surface area (Å²) in [6.07, 6.45) is 73.9. The highest BCUT2D eigenvalue weighted by molar-refractivity contribution is 7.47. The van der Waals surface area contributed by atoms with Crippen molar-refractivity contribution in [3.05, 3.63) is 60.8 Å². The molecule has 96 heavy (non-hydrogen) atoms. The van der Waals surface area contributed by atoms with E-state index in [2.05, 4.69) is 67.7 Å². The Labute approximate surface area is 584 Å². The fourth-order valence-corrected chi connectivity index (χ4v) is 12.1. The molecule has 0 aliphatic rings. The van der Waals surface area contributed by atoms with Crippen molar-refractivity contribution in [2.45, 2.75) is 346 Å². The molecule has 17 nitrogen and oxygen atoms in total. The summed E-state index contributed by atoms with van der Waals surface area (Å²) < 4.78 is 70.6. The predicted molar refractivity (Wildman–Crippen MR) is 391 cm³/mol. The van der Waals surface area contributed by atoms with Crippen molar-refractivity contribution in [2.75, 3.05) is 59.5 Å². The minimum Gasteiger partial charge on any atom is -0.463 e. The molecule has 0 aromatic carbocycles. The van der Waals surface area contributed by atoms with Gasteiger partial charge in [-0.2, -0.15) is 0 Å². The van der Waals surface area contributed by atoms with Crippen LogP contribution in [0.15, 0.2) is 60.8 Å². The van der Waals surface area contributed by atoms with E-state index in [0.29, 0.717) is 45.5 Å². The van der Waals surface area contributed by atoms with Crippen molar-refractivity contribution < 1.29 is 80.2 Å². The second-order valence-electron chi connectivity index (χ2n) is 25.8. The Morgan fingerprint density at radius 2 is 0.615 bits per heavy atom. The van der Waals surface area contributed by atoms with E-state index in [1.165, 1.54) is 64.2 Å². The second-order valence-corrected chi connectivity index (χ2v) is 28.7. The lowest BCUT2D eigenvalue weighted by molar-refractivity contribution is -0.149. The van der Waals surface area contributed by atoms with Crippen LogP contribution in [0.3, 0.4) is 0 Å². The number of hydrogen-bond donors (Lipinski definition) is 3. The van der Waals surface area contributed by atoms with Gasteiger partial charge in [0.1, 0.15) is 43.8 Å². The molecule has 0 rings (SSSR count). The predicted octanol–water partition coefficient (Wildman–Crippen LogP) is 20.8. The molecule has 0 saturated heterocycles. The van der Waals surface area contributed by atoms with Gasteiger partial charge in [0.15, 0.2) is 0 Å². The van der Waals surface area contributed by atoms with Crippen molar-refractivity contribution in [3.63, 3.8) is 0 Å². The highest BCUT2D eigenvalue weighted by Gasteiger charge is 2.29. The van der Waals surface area contributed by atoms with Gasteiger partial charge in [-0.25, -0.2) is 9.13 Å². The summed E-state index contributed by atoms with van der Waals surface area (Å²) >= 11 is 0. The van der Waals surface area contributed by atoms with Crippen LogP contribution in [0.5, 0.6) is 0 Å². The van der Waals surface area contributed by atoms with Crippen LogP contribution < -0.4 is 0 Å². The number of carbonyl (C=O) groups excluding carboxylic acids is 4. The number of carbonyl (C=O) groups is 4. The molecule has 0 heterocycles. The van der Waals surface area contributed by atoms with Crippen LogP contribution in [-0.4, -0.2) is 117 Å². The minimum atomic E-state index is -4.80. The zero-order valence-corrected chi connectivity index (χ0v) is 62.2. The summed E-state index contributed by atoms with van der Waals surface area (Å²) in [5.74, 6) is -0.389. The number of phosphoric acid groups is 2. The van der Waals surface area contributed by atoms with E-state index in [1.807, 2.05) is 0 Å². The molecule has 560 valence electrons. The number of rotatable bonds is 79. The molecule has 5 atom stereocenters. The lowest BCUT2D eigenvalue weighted by Gasteiger charge is -2.21. The third-order valence-corrected chi connectivity index (χ3v) is 18.4. The van der Waals surface area contributed by atoms with Crippen LogP contribution in [0.2, 0.25) is 0 Å². The molecule has 0 aliphatic heterocycles. The summed E-state index contributed by atoms with van der Waals surface area (Å²) in [7, 11) is -9.53.